The van der Waals surface area contributed by atoms with Crippen LogP contribution in [0.2, 0.25) is 0 Å². The highest BCUT2D eigenvalue weighted by Gasteiger charge is 2.54. The lowest BCUT2D eigenvalue weighted by atomic mass is 9.69. The molecule has 3 amide bonds. The van der Waals surface area contributed by atoms with E-state index in [4.69, 9.17) is 0 Å². The van der Waals surface area contributed by atoms with Crippen LogP contribution in [0.25, 0.3) is 0 Å². The number of carboxylic acid groups (broad SMARTS) is 1. The lowest BCUT2D eigenvalue weighted by Crippen LogP contribution is -2.45. The van der Waals surface area contributed by atoms with Gasteiger partial charge in [-0.2, -0.15) is 5.26 Å². The van der Waals surface area contributed by atoms with Crippen molar-refractivity contribution in [2.24, 2.45) is 5.92 Å². The molecular formula is C30H33N5O5. The quantitative estimate of drug-likeness (QED) is 0.367. The molecule has 0 radical (unpaired) electrons. The fourth-order valence-corrected chi connectivity index (χ4v) is 6.52. The van der Waals surface area contributed by atoms with E-state index in [9.17, 15) is 29.5 Å². The summed E-state index contributed by atoms with van der Waals surface area (Å²) in [6, 6.07) is 12.2. The van der Waals surface area contributed by atoms with Crippen LogP contribution in [0.3, 0.4) is 0 Å². The van der Waals surface area contributed by atoms with Crippen molar-refractivity contribution in [1.82, 2.24) is 20.9 Å². The van der Waals surface area contributed by atoms with Gasteiger partial charge in [-0.1, -0.05) is 12.1 Å². The van der Waals surface area contributed by atoms with Gasteiger partial charge in [0, 0.05) is 31.3 Å². The van der Waals surface area contributed by atoms with Gasteiger partial charge in [-0.25, -0.2) is 0 Å². The summed E-state index contributed by atoms with van der Waals surface area (Å²) < 4.78 is 0. The van der Waals surface area contributed by atoms with Crippen molar-refractivity contribution in [3.8, 4) is 6.07 Å². The summed E-state index contributed by atoms with van der Waals surface area (Å²) >= 11 is 0. The molecule has 10 nitrogen and oxygen atoms in total. The van der Waals surface area contributed by atoms with Crippen LogP contribution in [0.5, 0.6) is 0 Å². The fraction of sp³-hybridized carbons (Fsp3) is 0.433. The zero-order valence-electron chi connectivity index (χ0n) is 22.6. The molecule has 1 heterocycles. The molecule has 4 N–H and O–H groups in total. The molecule has 1 aliphatic heterocycles. The van der Waals surface area contributed by atoms with Crippen molar-refractivity contribution < 1.29 is 24.3 Å². The molecule has 5 rings (SSSR count). The van der Waals surface area contributed by atoms with Crippen LogP contribution in [0.15, 0.2) is 36.4 Å². The molecule has 40 heavy (non-hydrogen) atoms. The van der Waals surface area contributed by atoms with Crippen LogP contribution in [0.4, 0.5) is 0 Å². The molecule has 0 spiro atoms. The zero-order valence-corrected chi connectivity index (χ0v) is 22.6. The van der Waals surface area contributed by atoms with E-state index in [1.54, 1.807) is 55.4 Å². The van der Waals surface area contributed by atoms with Gasteiger partial charge in [0.25, 0.3) is 11.8 Å². The Bertz CT molecular complexity index is 1360. The third-order valence-corrected chi connectivity index (χ3v) is 8.63. The number of amides is 3. The number of nitrogens with one attached hydrogen (secondary N) is 3. The molecular weight excluding hydrogens is 510 g/mol. The number of nitrogens with zero attached hydrogens (tertiary/aromatic N) is 2. The lowest BCUT2D eigenvalue weighted by Gasteiger charge is -2.33. The zero-order chi connectivity index (χ0) is 28.6. The number of hydrogen-bond acceptors (Lipinski definition) is 6. The highest BCUT2D eigenvalue weighted by Crippen LogP contribution is 2.47. The first-order valence-corrected chi connectivity index (χ1v) is 13.6. The number of benzene rings is 2. The number of hydrogen-bond donors (Lipinski definition) is 4. The lowest BCUT2D eigenvalue weighted by molar-refractivity contribution is -0.142. The Balaban J connectivity index is 1.47. The summed E-state index contributed by atoms with van der Waals surface area (Å²) in [6.45, 7) is 0.243. The van der Waals surface area contributed by atoms with Gasteiger partial charge in [0.05, 0.1) is 12.6 Å². The summed E-state index contributed by atoms with van der Waals surface area (Å²) in [5.41, 5.74) is 2.12. The number of fused-ring (bicyclic) bond motifs is 3. The number of likely N-dealkylation sites (tertiary alicyclic amines) is 1. The van der Waals surface area contributed by atoms with E-state index in [-0.39, 0.29) is 43.3 Å². The minimum atomic E-state index is -1.47. The SMILES string of the molecule is CNC(=O)c1ccc2c(c1)CCc1cc(C(=O)NC)ccc1C2(CCNCC(=O)N1C(C#N)C[C@@H]2C[C@@H]21)C(=O)O. The highest BCUT2D eigenvalue weighted by molar-refractivity contribution is 5.96. The van der Waals surface area contributed by atoms with Crippen LogP contribution >= 0.6 is 0 Å². The molecule has 2 aromatic carbocycles. The number of aliphatic carboxylic acids is 1. The maximum atomic E-state index is 13.3. The van der Waals surface area contributed by atoms with Gasteiger partial charge in [0.15, 0.2) is 0 Å². The number of rotatable bonds is 8. The minimum absolute atomic E-state index is 0.0159. The largest absolute Gasteiger partial charge is 0.480 e. The molecule has 2 fully saturated rings. The molecule has 1 saturated heterocycles. The van der Waals surface area contributed by atoms with Gasteiger partial charge in [-0.15, -0.1) is 0 Å². The van der Waals surface area contributed by atoms with E-state index in [2.05, 4.69) is 22.0 Å². The van der Waals surface area contributed by atoms with E-state index in [1.165, 1.54) is 0 Å². The Morgan fingerprint density at radius 3 is 2.05 bits per heavy atom. The molecule has 208 valence electrons. The molecule has 3 aliphatic rings. The van der Waals surface area contributed by atoms with Crippen molar-refractivity contribution in [3.05, 3.63) is 69.8 Å². The molecule has 1 saturated carbocycles. The van der Waals surface area contributed by atoms with Gasteiger partial charge < -0.3 is 26.0 Å². The Morgan fingerprint density at radius 1 is 0.975 bits per heavy atom. The Hall–Kier alpha value is -4.23. The number of carboxylic acids is 1. The Morgan fingerprint density at radius 2 is 1.55 bits per heavy atom. The predicted molar refractivity (Wildman–Crippen MR) is 146 cm³/mol. The van der Waals surface area contributed by atoms with Gasteiger partial charge in [-0.3, -0.25) is 19.2 Å². The van der Waals surface area contributed by atoms with Crippen LogP contribution in [0, 0.1) is 17.2 Å². The second-order valence-corrected chi connectivity index (χ2v) is 10.8. The van der Waals surface area contributed by atoms with Crippen LogP contribution in [-0.4, -0.2) is 73.0 Å². The summed E-state index contributed by atoms with van der Waals surface area (Å²) in [5.74, 6) is -1.29. The average molecular weight is 544 g/mol. The fourth-order valence-electron chi connectivity index (χ4n) is 6.52. The molecule has 2 aliphatic carbocycles. The first-order chi connectivity index (χ1) is 19.2. The Labute approximate surface area is 232 Å². The molecule has 3 atom stereocenters. The molecule has 0 bridgehead atoms. The second kappa shape index (κ2) is 10.7. The van der Waals surface area contributed by atoms with Gasteiger partial charge in [-0.05, 0) is 91.1 Å². The van der Waals surface area contributed by atoms with Crippen molar-refractivity contribution in [3.63, 3.8) is 0 Å². The molecule has 1 unspecified atom stereocenters. The van der Waals surface area contributed by atoms with E-state index in [0.29, 0.717) is 41.0 Å². The summed E-state index contributed by atoms with van der Waals surface area (Å²) in [4.78, 5) is 52.6. The number of aryl methyl sites for hydroxylation is 2. The molecule has 10 heteroatoms. The normalized spacial score (nSPS) is 21.6. The van der Waals surface area contributed by atoms with Crippen LogP contribution in [0.1, 0.15) is 62.2 Å². The van der Waals surface area contributed by atoms with Crippen LogP contribution in [-0.2, 0) is 27.8 Å². The van der Waals surface area contributed by atoms with Crippen LogP contribution < -0.4 is 16.0 Å². The van der Waals surface area contributed by atoms with Crippen molar-refractivity contribution in [2.45, 2.75) is 49.6 Å². The number of piperidine rings is 1. The van der Waals surface area contributed by atoms with E-state index < -0.39 is 17.4 Å². The smallest absolute Gasteiger partial charge is 0.318 e. The molecule has 0 aromatic heterocycles. The van der Waals surface area contributed by atoms with Gasteiger partial charge in [0.2, 0.25) is 5.91 Å². The average Bonchev–Trinajstić information content (AvgIpc) is 3.66. The highest BCUT2D eigenvalue weighted by atomic mass is 16.4. The maximum Gasteiger partial charge on any atom is 0.318 e. The maximum absolute atomic E-state index is 13.3. The summed E-state index contributed by atoms with van der Waals surface area (Å²) in [7, 11) is 3.09. The Kier molecular flexibility index (Phi) is 7.34. The summed E-state index contributed by atoms with van der Waals surface area (Å²) in [5, 5.41) is 28.6. The van der Waals surface area contributed by atoms with Crippen molar-refractivity contribution in [2.75, 3.05) is 27.2 Å². The summed E-state index contributed by atoms with van der Waals surface area (Å²) in [6.07, 6.45) is 2.80. The number of nitriles is 1. The predicted octanol–water partition coefficient (Wildman–Crippen LogP) is 1.37. The number of carbonyl (C=O) groups is 4. The van der Waals surface area contributed by atoms with E-state index in [1.807, 2.05) is 0 Å². The topological polar surface area (TPSA) is 152 Å². The van der Waals surface area contributed by atoms with Crippen molar-refractivity contribution >= 4 is 23.7 Å². The third-order valence-electron chi connectivity index (χ3n) is 8.63. The number of carbonyl (C=O) groups excluding carboxylic acids is 3. The van der Waals surface area contributed by atoms with Crippen molar-refractivity contribution in [1.29, 1.82) is 5.26 Å². The first-order valence-electron chi connectivity index (χ1n) is 13.6. The second-order valence-electron chi connectivity index (χ2n) is 10.8. The minimum Gasteiger partial charge on any atom is -0.480 e. The first kappa shape index (κ1) is 27.3. The van der Waals surface area contributed by atoms with Gasteiger partial charge >= 0.3 is 5.97 Å². The standard InChI is InChI=1S/C30H33N5O5/c1-32-27(37)19-5-7-23-17(11-19)3-4-18-12-20(28(38)33-2)6-8-24(18)30(23,29(39)40)9-10-34-16-26(36)35-22(15-31)13-21-14-25(21)35/h5-8,11-12,21-22,25,34H,3-4,9-10,13-14,16H2,1-2H3,(H,32,37)(H,33,38)(H,39,40)/t21-,22?,25+/m1/s1. The van der Waals surface area contributed by atoms with Gasteiger partial charge in [0.1, 0.15) is 11.5 Å². The monoisotopic (exact) mass is 543 g/mol. The van der Waals surface area contributed by atoms with E-state index >= 15 is 0 Å². The molecule has 2 aromatic rings. The third kappa shape index (κ3) is 4.60. The van der Waals surface area contributed by atoms with E-state index in [0.717, 1.165) is 24.0 Å².